The van der Waals surface area contributed by atoms with Gasteiger partial charge in [0.05, 0.1) is 18.2 Å². The standard InChI is InChI=1S/C15H23ClN2/c1-2-8-18-12-17-11-15(18)9-14(10-16)13-6-4-3-5-7-13/h9,11-13H,2-8,10H2,1H3. The highest BCUT2D eigenvalue weighted by Crippen LogP contribution is 2.31. The van der Waals surface area contributed by atoms with Crippen LogP contribution in [0.5, 0.6) is 0 Å². The van der Waals surface area contributed by atoms with E-state index in [2.05, 4.69) is 22.6 Å². The molecule has 0 atom stereocenters. The second kappa shape index (κ2) is 6.98. The van der Waals surface area contributed by atoms with Gasteiger partial charge in [-0.2, -0.15) is 0 Å². The van der Waals surface area contributed by atoms with E-state index in [-0.39, 0.29) is 0 Å². The zero-order chi connectivity index (χ0) is 12.8. The predicted molar refractivity (Wildman–Crippen MR) is 77.8 cm³/mol. The number of hydrogen-bond donors (Lipinski definition) is 0. The Hall–Kier alpha value is -0.760. The van der Waals surface area contributed by atoms with E-state index in [1.807, 2.05) is 12.5 Å². The number of aryl methyl sites for hydroxylation is 1. The fourth-order valence-corrected chi connectivity index (χ4v) is 3.10. The van der Waals surface area contributed by atoms with Gasteiger partial charge in [-0.15, -0.1) is 11.6 Å². The Labute approximate surface area is 115 Å². The molecular formula is C15H23ClN2. The lowest BCUT2D eigenvalue weighted by atomic mass is 9.84. The van der Waals surface area contributed by atoms with E-state index in [0.717, 1.165) is 13.0 Å². The topological polar surface area (TPSA) is 17.8 Å². The van der Waals surface area contributed by atoms with Crippen LogP contribution in [0.15, 0.2) is 18.1 Å². The molecule has 0 aliphatic heterocycles. The molecule has 0 aromatic carbocycles. The van der Waals surface area contributed by atoms with Crippen LogP contribution in [0.2, 0.25) is 0 Å². The normalized spacial score (nSPS) is 18.2. The van der Waals surface area contributed by atoms with E-state index in [0.29, 0.717) is 11.8 Å². The van der Waals surface area contributed by atoms with Gasteiger partial charge in [-0.1, -0.05) is 31.8 Å². The molecule has 1 saturated carbocycles. The van der Waals surface area contributed by atoms with Crippen LogP contribution in [0, 0.1) is 5.92 Å². The maximum Gasteiger partial charge on any atom is 0.0950 e. The Kier molecular flexibility index (Phi) is 5.30. The molecule has 3 heteroatoms. The molecule has 18 heavy (non-hydrogen) atoms. The van der Waals surface area contributed by atoms with Crippen LogP contribution in [-0.2, 0) is 6.54 Å². The molecular weight excluding hydrogens is 244 g/mol. The highest BCUT2D eigenvalue weighted by Gasteiger charge is 2.17. The minimum Gasteiger partial charge on any atom is -0.331 e. The van der Waals surface area contributed by atoms with Crippen LogP contribution in [0.4, 0.5) is 0 Å². The number of rotatable bonds is 5. The summed E-state index contributed by atoms with van der Waals surface area (Å²) in [4.78, 5) is 4.25. The molecule has 1 aromatic rings. The smallest absolute Gasteiger partial charge is 0.0950 e. The average Bonchev–Trinajstić information content (AvgIpc) is 2.85. The Morgan fingerprint density at radius 3 is 2.89 bits per heavy atom. The van der Waals surface area contributed by atoms with Crippen LogP contribution in [0.25, 0.3) is 6.08 Å². The summed E-state index contributed by atoms with van der Waals surface area (Å²) in [6, 6.07) is 0. The van der Waals surface area contributed by atoms with E-state index in [1.165, 1.54) is 43.4 Å². The zero-order valence-corrected chi connectivity index (χ0v) is 12.0. The van der Waals surface area contributed by atoms with Crippen molar-refractivity contribution in [1.82, 2.24) is 9.55 Å². The van der Waals surface area contributed by atoms with Gasteiger partial charge in [0.25, 0.3) is 0 Å². The first-order valence-corrected chi connectivity index (χ1v) is 7.65. The molecule has 1 aromatic heterocycles. The summed E-state index contributed by atoms with van der Waals surface area (Å²) in [5.74, 6) is 1.35. The average molecular weight is 267 g/mol. The molecule has 100 valence electrons. The third kappa shape index (κ3) is 3.38. The van der Waals surface area contributed by atoms with E-state index in [9.17, 15) is 0 Å². The number of allylic oxidation sites excluding steroid dienone is 1. The molecule has 1 fully saturated rings. The molecule has 2 rings (SSSR count). The molecule has 2 nitrogen and oxygen atoms in total. The highest BCUT2D eigenvalue weighted by molar-refractivity contribution is 6.19. The number of halogens is 1. The Balaban J connectivity index is 2.14. The SMILES string of the molecule is CCCn1cncc1C=C(CCl)C1CCCCC1. The van der Waals surface area contributed by atoms with Crippen molar-refractivity contribution in [1.29, 1.82) is 0 Å². The summed E-state index contributed by atoms with van der Waals surface area (Å²) in [6.07, 6.45) is 14.0. The Morgan fingerprint density at radius 2 is 2.22 bits per heavy atom. The van der Waals surface area contributed by atoms with Crippen molar-refractivity contribution >= 4 is 17.7 Å². The van der Waals surface area contributed by atoms with E-state index < -0.39 is 0 Å². The number of imidazole rings is 1. The van der Waals surface area contributed by atoms with Crippen molar-refractivity contribution in [3.05, 3.63) is 23.8 Å². The van der Waals surface area contributed by atoms with Gasteiger partial charge >= 0.3 is 0 Å². The van der Waals surface area contributed by atoms with Gasteiger partial charge in [-0.05, 0) is 31.3 Å². The molecule has 1 aliphatic carbocycles. The van der Waals surface area contributed by atoms with Gasteiger partial charge in [0.15, 0.2) is 0 Å². The summed E-state index contributed by atoms with van der Waals surface area (Å²) in [5, 5.41) is 0. The quantitative estimate of drug-likeness (QED) is 0.718. The molecule has 1 heterocycles. The van der Waals surface area contributed by atoms with Crippen molar-refractivity contribution < 1.29 is 0 Å². The van der Waals surface area contributed by atoms with Crippen LogP contribution in [0.3, 0.4) is 0 Å². The molecule has 0 unspecified atom stereocenters. The van der Waals surface area contributed by atoms with Crippen molar-refractivity contribution in [2.45, 2.75) is 52.0 Å². The van der Waals surface area contributed by atoms with Crippen molar-refractivity contribution in [3.63, 3.8) is 0 Å². The number of aromatic nitrogens is 2. The lowest BCUT2D eigenvalue weighted by Gasteiger charge is -2.23. The van der Waals surface area contributed by atoms with E-state index in [1.54, 1.807) is 0 Å². The first-order valence-electron chi connectivity index (χ1n) is 7.11. The minimum absolute atomic E-state index is 0.655. The summed E-state index contributed by atoms with van der Waals surface area (Å²) >= 11 is 6.15. The minimum atomic E-state index is 0.655. The van der Waals surface area contributed by atoms with Gasteiger partial charge in [-0.25, -0.2) is 4.98 Å². The third-order valence-electron chi connectivity index (χ3n) is 3.83. The maximum absolute atomic E-state index is 6.15. The third-order valence-corrected chi connectivity index (χ3v) is 4.13. The largest absolute Gasteiger partial charge is 0.331 e. The van der Waals surface area contributed by atoms with Gasteiger partial charge in [0, 0.05) is 12.4 Å². The molecule has 0 N–H and O–H groups in total. The van der Waals surface area contributed by atoms with Crippen molar-refractivity contribution in [3.8, 4) is 0 Å². The Bertz CT molecular complexity index is 389. The summed E-state index contributed by atoms with van der Waals surface area (Å²) < 4.78 is 2.22. The van der Waals surface area contributed by atoms with Crippen molar-refractivity contribution in [2.75, 3.05) is 5.88 Å². The van der Waals surface area contributed by atoms with Gasteiger partial charge in [0.2, 0.25) is 0 Å². The van der Waals surface area contributed by atoms with Gasteiger partial charge in [-0.3, -0.25) is 0 Å². The maximum atomic E-state index is 6.15. The second-order valence-electron chi connectivity index (χ2n) is 5.20. The van der Waals surface area contributed by atoms with E-state index in [4.69, 9.17) is 11.6 Å². The van der Waals surface area contributed by atoms with Crippen LogP contribution < -0.4 is 0 Å². The predicted octanol–water partition coefficient (Wildman–Crippen LogP) is 4.50. The summed E-state index contributed by atoms with van der Waals surface area (Å²) in [7, 11) is 0. The zero-order valence-electron chi connectivity index (χ0n) is 11.2. The van der Waals surface area contributed by atoms with E-state index >= 15 is 0 Å². The lowest BCUT2D eigenvalue weighted by molar-refractivity contribution is 0.405. The Morgan fingerprint density at radius 1 is 1.44 bits per heavy atom. The number of nitrogens with zero attached hydrogens (tertiary/aromatic N) is 2. The second-order valence-corrected chi connectivity index (χ2v) is 5.47. The lowest BCUT2D eigenvalue weighted by Crippen LogP contribution is -2.10. The number of alkyl halides is 1. The summed E-state index contributed by atoms with van der Waals surface area (Å²) in [5.41, 5.74) is 2.60. The summed E-state index contributed by atoms with van der Waals surface area (Å²) in [6.45, 7) is 3.23. The van der Waals surface area contributed by atoms with Gasteiger partial charge < -0.3 is 4.57 Å². The molecule has 0 radical (unpaired) electrons. The molecule has 0 amide bonds. The van der Waals surface area contributed by atoms with Crippen LogP contribution in [-0.4, -0.2) is 15.4 Å². The first-order chi connectivity index (χ1) is 8.85. The molecule has 0 spiro atoms. The molecule has 1 aliphatic rings. The van der Waals surface area contributed by atoms with Gasteiger partial charge in [0.1, 0.15) is 0 Å². The molecule has 0 saturated heterocycles. The monoisotopic (exact) mass is 266 g/mol. The van der Waals surface area contributed by atoms with Crippen molar-refractivity contribution in [2.24, 2.45) is 5.92 Å². The van der Waals surface area contributed by atoms with Crippen LogP contribution >= 0.6 is 11.6 Å². The first kappa shape index (κ1) is 13.7. The molecule has 0 bridgehead atoms. The fraction of sp³-hybridized carbons (Fsp3) is 0.667. The fourth-order valence-electron chi connectivity index (χ4n) is 2.81. The highest BCUT2D eigenvalue weighted by atomic mass is 35.5. The number of hydrogen-bond acceptors (Lipinski definition) is 1. The van der Waals surface area contributed by atoms with Crippen LogP contribution in [0.1, 0.15) is 51.1 Å².